The molecule has 1 aromatic rings. The SMILES string of the molecule is O=C1NC2(CCCCCC2)C(=O)N1CCOc1ccc(Br)cc1. The van der Waals surface area contributed by atoms with E-state index in [1.807, 2.05) is 24.3 Å². The van der Waals surface area contributed by atoms with E-state index in [2.05, 4.69) is 21.2 Å². The molecule has 1 saturated heterocycles. The van der Waals surface area contributed by atoms with Crippen molar-refractivity contribution in [1.82, 2.24) is 10.2 Å². The maximum atomic E-state index is 12.7. The van der Waals surface area contributed by atoms with Crippen molar-refractivity contribution < 1.29 is 14.3 Å². The van der Waals surface area contributed by atoms with Gasteiger partial charge in [0.2, 0.25) is 0 Å². The maximum absolute atomic E-state index is 12.7. The number of carbonyl (C=O) groups excluding carboxylic acids is 2. The van der Waals surface area contributed by atoms with E-state index >= 15 is 0 Å². The number of urea groups is 1. The quantitative estimate of drug-likeness (QED) is 0.813. The van der Waals surface area contributed by atoms with Gasteiger partial charge in [0.15, 0.2) is 0 Å². The molecular formula is C17H21BrN2O3. The Labute approximate surface area is 144 Å². The van der Waals surface area contributed by atoms with E-state index in [1.54, 1.807) is 0 Å². The molecule has 3 amide bonds. The predicted octanol–water partition coefficient (Wildman–Crippen LogP) is 3.47. The Morgan fingerprint density at radius 1 is 1.09 bits per heavy atom. The van der Waals surface area contributed by atoms with Crippen LogP contribution in [0.25, 0.3) is 0 Å². The summed E-state index contributed by atoms with van der Waals surface area (Å²) in [5.74, 6) is 0.647. The Morgan fingerprint density at radius 2 is 1.74 bits per heavy atom. The molecular weight excluding hydrogens is 360 g/mol. The second-order valence-corrected chi connectivity index (χ2v) is 7.10. The maximum Gasteiger partial charge on any atom is 0.325 e. The van der Waals surface area contributed by atoms with E-state index < -0.39 is 5.54 Å². The van der Waals surface area contributed by atoms with Crippen LogP contribution in [0.15, 0.2) is 28.7 Å². The molecule has 0 aromatic heterocycles. The summed E-state index contributed by atoms with van der Waals surface area (Å²) in [6, 6.07) is 7.20. The number of hydrogen-bond donors (Lipinski definition) is 1. The van der Waals surface area contributed by atoms with Crippen LogP contribution in [-0.2, 0) is 4.79 Å². The summed E-state index contributed by atoms with van der Waals surface area (Å²) in [4.78, 5) is 26.2. The zero-order valence-electron chi connectivity index (χ0n) is 13.0. The molecule has 0 unspecified atom stereocenters. The Balaban J connectivity index is 1.58. The zero-order chi connectivity index (χ0) is 16.3. The van der Waals surface area contributed by atoms with Crippen LogP contribution in [0.2, 0.25) is 0 Å². The first-order valence-corrected chi connectivity index (χ1v) is 8.92. The lowest BCUT2D eigenvalue weighted by atomic mass is 9.90. The van der Waals surface area contributed by atoms with Crippen molar-refractivity contribution in [2.24, 2.45) is 0 Å². The highest BCUT2D eigenvalue weighted by Gasteiger charge is 2.50. The van der Waals surface area contributed by atoms with Gasteiger partial charge in [-0.05, 0) is 37.1 Å². The number of ether oxygens (including phenoxy) is 1. The normalized spacial score (nSPS) is 20.5. The smallest absolute Gasteiger partial charge is 0.325 e. The summed E-state index contributed by atoms with van der Waals surface area (Å²) < 4.78 is 6.61. The third kappa shape index (κ3) is 3.52. The molecule has 1 N–H and O–H groups in total. The third-order valence-electron chi connectivity index (χ3n) is 4.60. The molecule has 1 aromatic carbocycles. The van der Waals surface area contributed by atoms with Crippen molar-refractivity contribution in [2.45, 2.75) is 44.1 Å². The molecule has 1 heterocycles. The Hall–Kier alpha value is -1.56. The van der Waals surface area contributed by atoms with Gasteiger partial charge >= 0.3 is 6.03 Å². The van der Waals surface area contributed by atoms with Crippen molar-refractivity contribution in [2.75, 3.05) is 13.2 Å². The van der Waals surface area contributed by atoms with Crippen LogP contribution in [0.4, 0.5) is 4.79 Å². The Kier molecular flexibility index (Phi) is 4.90. The molecule has 3 rings (SSSR count). The molecule has 0 radical (unpaired) electrons. The van der Waals surface area contributed by atoms with Crippen molar-refractivity contribution in [3.8, 4) is 5.75 Å². The van der Waals surface area contributed by atoms with Crippen molar-refractivity contribution in [1.29, 1.82) is 0 Å². The number of hydrogen-bond acceptors (Lipinski definition) is 3. The highest BCUT2D eigenvalue weighted by Crippen LogP contribution is 2.32. The number of carbonyl (C=O) groups is 2. The second-order valence-electron chi connectivity index (χ2n) is 6.19. The Bertz CT molecular complexity index is 580. The van der Waals surface area contributed by atoms with Gasteiger partial charge in [0.25, 0.3) is 5.91 Å². The molecule has 5 nitrogen and oxygen atoms in total. The van der Waals surface area contributed by atoms with Gasteiger partial charge in [0, 0.05) is 4.47 Å². The number of nitrogens with one attached hydrogen (secondary N) is 1. The first-order valence-electron chi connectivity index (χ1n) is 8.13. The molecule has 2 aliphatic rings. The van der Waals surface area contributed by atoms with Gasteiger partial charge in [-0.15, -0.1) is 0 Å². The highest BCUT2D eigenvalue weighted by molar-refractivity contribution is 9.10. The van der Waals surface area contributed by atoms with Gasteiger partial charge in [-0.3, -0.25) is 9.69 Å². The molecule has 0 bridgehead atoms. The van der Waals surface area contributed by atoms with Crippen molar-refractivity contribution in [3.05, 3.63) is 28.7 Å². The van der Waals surface area contributed by atoms with Crippen LogP contribution in [0.1, 0.15) is 38.5 Å². The fourth-order valence-corrected chi connectivity index (χ4v) is 3.60. The molecule has 1 aliphatic carbocycles. The number of halogens is 1. The summed E-state index contributed by atoms with van der Waals surface area (Å²) in [5, 5.41) is 2.94. The van der Waals surface area contributed by atoms with Gasteiger partial charge in [0.05, 0.1) is 6.54 Å². The fraction of sp³-hybridized carbons (Fsp3) is 0.529. The summed E-state index contributed by atoms with van der Waals surface area (Å²) in [6.07, 6.45) is 5.77. The summed E-state index contributed by atoms with van der Waals surface area (Å²) in [5.41, 5.74) is -0.662. The van der Waals surface area contributed by atoms with Gasteiger partial charge < -0.3 is 10.1 Å². The van der Waals surface area contributed by atoms with Crippen molar-refractivity contribution in [3.63, 3.8) is 0 Å². The topological polar surface area (TPSA) is 58.6 Å². The van der Waals surface area contributed by atoms with Gasteiger partial charge in [-0.2, -0.15) is 0 Å². The lowest BCUT2D eigenvalue weighted by molar-refractivity contribution is -0.132. The summed E-state index contributed by atoms with van der Waals surface area (Å²) in [6.45, 7) is 0.583. The molecule has 1 aliphatic heterocycles. The van der Waals surface area contributed by atoms with E-state index in [0.717, 1.165) is 48.7 Å². The van der Waals surface area contributed by atoms with Crippen LogP contribution in [0.5, 0.6) is 5.75 Å². The van der Waals surface area contributed by atoms with Crippen molar-refractivity contribution >= 4 is 27.9 Å². The van der Waals surface area contributed by atoms with E-state index in [4.69, 9.17) is 4.74 Å². The first kappa shape index (κ1) is 16.3. The molecule has 124 valence electrons. The van der Waals surface area contributed by atoms with Crippen LogP contribution >= 0.6 is 15.9 Å². The standard InChI is InChI=1S/C17H21BrN2O3/c18-13-5-7-14(8-6-13)23-12-11-20-15(21)17(19-16(20)22)9-3-1-2-4-10-17/h5-8H,1-4,9-12H2,(H,19,22). The lowest BCUT2D eigenvalue weighted by Crippen LogP contribution is -2.46. The van der Waals surface area contributed by atoms with E-state index in [1.165, 1.54) is 4.90 Å². The summed E-state index contributed by atoms with van der Waals surface area (Å²) >= 11 is 3.37. The minimum atomic E-state index is -0.662. The van der Waals surface area contributed by atoms with E-state index in [9.17, 15) is 9.59 Å². The number of benzene rings is 1. The average Bonchev–Trinajstić information content (AvgIpc) is 2.72. The fourth-order valence-electron chi connectivity index (χ4n) is 3.34. The highest BCUT2D eigenvalue weighted by atomic mass is 79.9. The predicted molar refractivity (Wildman–Crippen MR) is 90.3 cm³/mol. The van der Waals surface area contributed by atoms with E-state index in [-0.39, 0.29) is 18.5 Å². The monoisotopic (exact) mass is 380 g/mol. The largest absolute Gasteiger partial charge is 0.492 e. The lowest BCUT2D eigenvalue weighted by Gasteiger charge is -2.24. The third-order valence-corrected chi connectivity index (χ3v) is 5.13. The van der Waals surface area contributed by atoms with Crippen LogP contribution in [0.3, 0.4) is 0 Å². The van der Waals surface area contributed by atoms with Crippen LogP contribution in [-0.4, -0.2) is 35.5 Å². The van der Waals surface area contributed by atoms with Gasteiger partial charge in [-0.25, -0.2) is 4.79 Å². The molecule has 0 atom stereocenters. The van der Waals surface area contributed by atoms with Crippen LogP contribution in [0, 0.1) is 0 Å². The molecule has 1 spiro atoms. The van der Waals surface area contributed by atoms with E-state index in [0.29, 0.717) is 6.61 Å². The first-order chi connectivity index (χ1) is 11.1. The summed E-state index contributed by atoms with van der Waals surface area (Å²) in [7, 11) is 0. The zero-order valence-corrected chi connectivity index (χ0v) is 14.6. The number of rotatable bonds is 4. The second kappa shape index (κ2) is 6.91. The molecule has 6 heteroatoms. The van der Waals surface area contributed by atoms with Crippen LogP contribution < -0.4 is 10.1 Å². The minimum Gasteiger partial charge on any atom is -0.492 e. The number of imide groups is 1. The van der Waals surface area contributed by atoms with Gasteiger partial charge in [0.1, 0.15) is 17.9 Å². The Morgan fingerprint density at radius 3 is 2.39 bits per heavy atom. The van der Waals surface area contributed by atoms with Gasteiger partial charge in [-0.1, -0.05) is 41.6 Å². The number of amides is 3. The number of nitrogens with zero attached hydrogens (tertiary/aromatic N) is 1. The molecule has 1 saturated carbocycles. The molecule has 2 fully saturated rings. The average molecular weight is 381 g/mol. The minimum absolute atomic E-state index is 0.0798. The molecule has 23 heavy (non-hydrogen) atoms.